The number of nitrogens with zero attached hydrogens (tertiary/aromatic N) is 3. The Morgan fingerprint density at radius 3 is 2.75 bits per heavy atom. The predicted octanol–water partition coefficient (Wildman–Crippen LogP) is 1.45. The van der Waals surface area contributed by atoms with Crippen LogP contribution in [0.5, 0.6) is 0 Å². The highest BCUT2D eigenvalue weighted by atomic mass is 15.4. The van der Waals surface area contributed by atoms with Gasteiger partial charge in [0.05, 0.1) is 11.9 Å². The lowest BCUT2D eigenvalue weighted by atomic mass is 10.3. The monoisotopic (exact) mass is 214 g/mol. The number of rotatable bonds is 1. The molecule has 2 N–H and O–H groups in total. The summed E-state index contributed by atoms with van der Waals surface area (Å²) in [6.45, 7) is 1.07. The molecule has 1 aliphatic heterocycles. The van der Waals surface area contributed by atoms with Crippen LogP contribution in [0.4, 0.5) is 11.5 Å². The summed E-state index contributed by atoms with van der Waals surface area (Å²) in [5.41, 5.74) is 8.84. The van der Waals surface area contributed by atoms with E-state index in [4.69, 9.17) is 5.73 Å². The molecule has 0 atom stereocenters. The van der Waals surface area contributed by atoms with Gasteiger partial charge in [-0.1, -0.05) is 0 Å². The second-order valence-electron chi connectivity index (χ2n) is 4.17. The quantitative estimate of drug-likeness (QED) is 0.731. The summed E-state index contributed by atoms with van der Waals surface area (Å²) in [6.07, 6.45) is 3.04. The van der Waals surface area contributed by atoms with Crippen LogP contribution in [-0.2, 0) is 6.42 Å². The first kappa shape index (κ1) is 9.27. The fourth-order valence-electron chi connectivity index (χ4n) is 2.16. The Labute approximate surface area is 94.3 Å². The van der Waals surface area contributed by atoms with Crippen molar-refractivity contribution in [3.05, 3.63) is 36.0 Å². The Kier molecular flexibility index (Phi) is 1.89. The minimum atomic E-state index is 0.779. The van der Waals surface area contributed by atoms with E-state index in [-0.39, 0.29) is 0 Å². The molecule has 0 bridgehead atoms. The Balaban J connectivity index is 2.11. The number of nitrogen functional groups attached to an aromatic ring is 1. The summed E-state index contributed by atoms with van der Waals surface area (Å²) in [4.78, 5) is 2.23. The third kappa shape index (κ3) is 1.26. The van der Waals surface area contributed by atoms with Crippen LogP contribution in [0.2, 0.25) is 0 Å². The van der Waals surface area contributed by atoms with Crippen molar-refractivity contribution < 1.29 is 0 Å². The van der Waals surface area contributed by atoms with Crippen LogP contribution in [0, 0.1) is 0 Å². The van der Waals surface area contributed by atoms with Crippen molar-refractivity contribution in [3.8, 4) is 5.69 Å². The molecule has 16 heavy (non-hydrogen) atoms. The van der Waals surface area contributed by atoms with Crippen LogP contribution in [0.1, 0.15) is 5.56 Å². The van der Waals surface area contributed by atoms with Gasteiger partial charge < -0.3 is 10.6 Å². The van der Waals surface area contributed by atoms with E-state index >= 15 is 0 Å². The highest BCUT2D eigenvalue weighted by Crippen LogP contribution is 2.28. The number of likely N-dealkylation sites (N-methyl/N-ethyl adjacent to an activating group) is 1. The largest absolute Gasteiger partial charge is 0.399 e. The molecule has 4 heteroatoms. The van der Waals surface area contributed by atoms with Crippen molar-refractivity contribution in [2.45, 2.75) is 6.42 Å². The average Bonchev–Trinajstić information content (AvgIpc) is 2.84. The molecule has 0 saturated carbocycles. The molecule has 1 aliphatic rings. The molecule has 0 fully saturated rings. The summed E-state index contributed by atoms with van der Waals surface area (Å²) in [5.74, 6) is 1.20. The molecule has 1 aromatic carbocycles. The minimum absolute atomic E-state index is 0.779. The summed E-state index contributed by atoms with van der Waals surface area (Å²) < 4.78 is 1.97. The van der Waals surface area contributed by atoms with Crippen molar-refractivity contribution in [2.75, 3.05) is 24.2 Å². The van der Waals surface area contributed by atoms with E-state index in [9.17, 15) is 0 Å². The normalized spacial score (nSPS) is 14.2. The van der Waals surface area contributed by atoms with E-state index in [1.54, 1.807) is 0 Å². The van der Waals surface area contributed by atoms with Crippen molar-refractivity contribution in [3.63, 3.8) is 0 Å². The van der Waals surface area contributed by atoms with Crippen molar-refractivity contribution >= 4 is 11.5 Å². The molecule has 0 radical (unpaired) electrons. The number of benzene rings is 1. The lowest BCUT2D eigenvalue weighted by Crippen LogP contribution is -2.17. The summed E-state index contributed by atoms with van der Waals surface area (Å²) in [6, 6.07) is 7.79. The van der Waals surface area contributed by atoms with E-state index in [1.807, 2.05) is 35.1 Å². The van der Waals surface area contributed by atoms with Gasteiger partial charge in [0.25, 0.3) is 0 Å². The van der Waals surface area contributed by atoms with E-state index in [0.29, 0.717) is 0 Å². The van der Waals surface area contributed by atoms with E-state index in [0.717, 1.165) is 24.3 Å². The fourth-order valence-corrected chi connectivity index (χ4v) is 2.16. The first-order valence-electron chi connectivity index (χ1n) is 5.39. The van der Waals surface area contributed by atoms with Gasteiger partial charge >= 0.3 is 0 Å². The van der Waals surface area contributed by atoms with Gasteiger partial charge in [-0.25, -0.2) is 4.68 Å². The Morgan fingerprint density at radius 2 is 2.00 bits per heavy atom. The molecule has 2 aromatic rings. The Hall–Kier alpha value is -1.97. The predicted molar refractivity (Wildman–Crippen MR) is 65.0 cm³/mol. The lowest BCUT2D eigenvalue weighted by Gasteiger charge is -2.14. The molecule has 0 aliphatic carbocycles. The fraction of sp³-hybridized carbons (Fsp3) is 0.250. The first-order chi connectivity index (χ1) is 7.75. The molecule has 0 saturated heterocycles. The van der Waals surface area contributed by atoms with Crippen molar-refractivity contribution in [1.82, 2.24) is 9.78 Å². The molecule has 4 nitrogen and oxygen atoms in total. The van der Waals surface area contributed by atoms with Gasteiger partial charge in [0.2, 0.25) is 0 Å². The topological polar surface area (TPSA) is 47.1 Å². The van der Waals surface area contributed by atoms with Gasteiger partial charge in [-0.2, -0.15) is 5.10 Å². The number of nitrogens with two attached hydrogens (primary N) is 1. The molecular weight excluding hydrogens is 200 g/mol. The third-order valence-corrected chi connectivity index (χ3v) is 3.03. The summed E-state index contributed by atoms with van der Waals surface area (Å²) in [5, 5.41) is 4.42. The van der Waals surface area contributed by atoms with Crippen LogP contribution in [0.25, 0.3) is 5.69 Å². The van der Waals surface area contributed by atoms with Gasteiger partial charge in [0.1, 0.15) is 5.82 Å². The molecule has 0 unspecified atom stereocenters. The highest BCUT2D eigenvalue weighted by molar-refractivity contribution is 5.57. The SMILES string of the molecule is CN1CCc2cnn(-c3ccc(N)cc3)c21. The standard InChI is InChI=1S/C12H14N4/c1-15-7-6-9-8-14-16(12(9)15)11-4-2-10(13)3-5-11/h2-5,8H,6-7,13H2,1H3. The second kappa shape index (κ2) is 3.27. The van der Waals surface area contributed by atoms with Crippen LogP contribution >= 0.6 is 0 Å². The number of hydrogen-bond donors (Lipinski definition) is 1. The van der Waals surface area contributed by atoms with Gasteiger partial charge in [0, 0.05) is 24.8 Å². The maximum Gasteiger partial charge on any atom is 0.135 e. The number of fused-ring (bicyclic) bond motifs is 1. The van der Waals surface area contributed by atoms with Crippen LogP contribution in [-0.4, -0.2) is 23.4 Å². The Morgan fingerprint density at radius 1 is 1.25 bits per heavy atom. The maximum absolute atomic E-state index is 5.68. The maximum atomic E-state index is 5.68. The van der Waals surface area contributed by atoms with Gasteiger partial charge in [-0.15, -0.1) is 0 Å². The van der Waals surface area contributed by atoms with Crippen molar-refractivity contribution in [1.29, 1.82) is 0 Å². The highest BCUT2D eigenvalue weighted by Gasteiger charge is 2.21. The molecule has 82 valence electrons. The smallest absolute Gasteiger partial charge is 0.135 e. The van der Waals surface area contributed by atoms with Crippen LogP contribution in [0.3, 0.4) is 0 Å². The van der Waals surface area contributed by atoms with Crippen LogP contribution in [0.15, 0.2) is 30.5 Å². The van der Waals surface area contributed by atoms with Gasteiger partial charge in [-0.3, -0.25) is 0 Å². The van der Waals surface area contributed by atoms with E-state index in [2.05, 4.69) is 17.0 Å². The Bertz CT molecular complexity index is 512. The second-order valence-corrected chi connectivity index (χ2v) is 4.17. The third-order valence-electron chi connectivity index (χ3n) is 3.03. The zero-order chi connectivity index (χ0) is 11.1. The molecule has 0 spiro atoms. The molecular formula is C12H14N4. The molecule has 3 rings (SSSR count). The molecule has 1 aromatic heterocycles. The lowest BCUT2D eigenvalue weighted by molar-refractivity contribution is 0.827. The minimum Gasteiger partial charge on any atom is -0.399 e. The zero-order valence-corrected chi connectivity index (χ0v) is 9.22. The first-order valence-corrected chi connectivity index (χ1v) is 5.39. The van der Waals surface area contributed by atoms with Gasteiger partial charge in [0.15, 0.2) is 0 Å². The number of hydrogen-bond acceptors (Lipinski definition) is 3. The molecule has 0 amide bonds. The van der Waals surface area contributed by atoms with Gasteiger partial charge in [-0.05, 0) is 30.7 Å². The van der Waals surface area contributed by atoms with E-state index < -0.39 is 0 Å². The molecule has 2 heterocycles. The number of anilines is 2. The zero-order valence-electron chi connectivity index (χ0n) is 9.22. The number of aromatic nitrogens is 2. The van der Waals surface area contributed by atoms with E-state index in [1.165, 1.54) is 11.4 Å². The average molecular weight is 214 g/mol. The summed E-state index contributed by atoms with van der Waals surface area (Å²) >= 11 is 0. The summed E-state index contributed by atoms with van der Waals surface area (Å²) in [7, 11) is 2.10. The van der Waals surface area contributed by atoms with Crippen molar-refractivity contribution in [2.24, 2.45) is 0 Å². The van der Waals surface area contributed by atoms with Crippen LogP contribution < -0.4 is 10.6 Å².